The molecular formula is C11H9ClFN3O2S. The van der Waals surface area contributed by atoms with Gasteiger partial charge in [-0.2, -0.15) is 0 Å². The Bertz CT molecular complexity index is 684. The van der Waals surface area contributed by atoms with Gasteiger partial charge in [0, 0.05) is 5.69 Å². The van der Waals surface area contributed by atoms with Gasteiger partial charge in [0.2, 0.25) is 0 Å². The second-order valence-corrected chi connectivity index (χ2v) is 5.77. The third kappa shape index (κ3) is 3.33. The quantitative estimate of drug-likeness (QED) is 0.672. The molecule has 2 rings (SSSR count). The summed E-state index contributed by atoms with van der Waals surface area (Å²) in [4.78, 5) is 3.47. The molecule has 0 aliphatic heterocycles. The van der Waals surface area contributed by atoms with Gasteiger partial charge < -0.3 is 5.73 Å². The number of nitrogen functional groups attached to an aromatic ring is 1. The first-order valence-corrected chi connectivity index (χ1v) is 6.93. The second-order valence-electron chi connectivity index (χ2n) is 3.70. The molecule has 1 aromatic heterocycles. The van der Waals surface area contributed by atoms with Crippen LogP contribution >= 0.6 is 11.6 Å². The van der Waals surface area contributed by atoms with E-state index in [2.05, 4.69) is 9.71 Å². The molecule has 0 saturated heterocycles. The highest BCUT2D eigenvalue weighted by Gasteiger charge is 2.16. The highest BCUT2D eigenvalue weighted by molar-refractivity contribution is 7.92. The van der Waals surface area contributed by atoms with Crippen LogP contribution < -0.4 is 10.5 Å². The van der Waals surface area contributed by atoms with Gasteiger partial charge in [-0.15, -0.1) is 0 Å². The van der Waals surface area contributed by atoms with Crippen molar-refractivity contribution in [3.8, 4) is 0 Å². The molecule has 1 heterocycles. The van der Waals surface area contributed by atoms with Crippen molar-refractivity contribution < 1.29 is 12.8 Å². The Kier molecular flexibility index (Phi) is 3.59. The van der Waals surface area contributed by atoms with Crippen molar-refractivity contribution in [1.29, 1.82) is 0 Å². The Hall–Kier alpha value is -1.86. The van der Waals surface area contributed by atoms with E-state index in [0.29, 0.717) is 0 Å². The van der Waals surface area contributed by atoms with E-state index in [9.17, 15) is 12.8 Å². The number of sulfonamides is 1. The van der Waals surface area contributed by atoms with Crippen LogP contribution in [0.15, 0.2) is 41.4 Å². The summed E-state index contributed by atoms with van der Waals surface area (Å²) >= 11 is 5.59. The Balaban J connectivity index is 2.34. The van der Waals surface area contributed by atoms with E-state index in [1.54, 1.807) is 0 Å². The summed E-state index contributed by atoms with van der Waals surface area (Å²) in [5.74, 6) is -0.727. The van der Waals surface area contributed by atoms with Gasteiger partial charge in [0.1, 0.15) is 11.0 Å². The fraction of sp³-hybridized carbons (Fsp3) is 0. The minimum Gasteiger partial charge on any atom is -0.399 e. The van der Waals surface area contributed by atoms with Crippen molar-refractivity contribution >= 4 is 33.0 Å². The summed E-state index contributed by atoms with van der Waals surface area (Å²) in [7, 11) is -3.92. The molecule has 8 heteroatoms. The summed E-state index contributed by atoms with van der Waals surface area (Å²) in [5, 5.41) is 0.234. The monoisotopic (exact) mass is 301 g/mol. The number of rotatable bonds is 3. The lowest BCUT2D eigenvalue weighted by Crippen LogP contribution is -2.13. The average molecular weight is 302 g/mol. The number of nitrogens with one attached hydrogen (secondary N) is 1. The molecule has 5 nitrogen and oxygen atoms in total. The highest BCUT2D eigenvalue weighted by atomic mass is 35.5. The number of benzene rings is 1. The van der Waals surface area contributed by atoms with Crippen LogP contribution in [0.3, 0.4) is 0 Å². The summed E-state index contributed by atoms with van der Waals surface area (Å²) in [6.45, 7) is 0. The van der Waals surface area contributed by atoms with Crippen molar-refractivity contribution in [3.63, 3.8) is 0 Å². The maximum Gasteiger partial charge on any atom is 0.262 e. The van der Waals surface area contributed by atoms with Gasteiger partial charge in [-0.3, -0.25) is 4.72 Å². The first-order chi connectivity index (χ1) is 8.87. The van der Waals surface area contributed by atoms with E-state index >= 15 is 0 Å². The molecule has 3 N–H and O–H groups in total. The number of hydrogen-bond donors (Lipinski definition) is 2. The van der Waals surface area contributed by atoms with Gasteiger partial charge >= 0.3 is 0 Å². The SMILES string of the molecule is Nc1cc(F)cc(S(=O)(=O)Nc2ccc(Cl)nc2)c1. The molecule has 1 aromatic carbocycles. The van der Waals surface area contributed by atoms with Crippen LogP contribution in [0.1, 0.15) is 0 Å². The van der Waals surface area contributed by atoms with Crippen LogP contribution in [0.5, 0.6) is 0 Å². The van der Waals surface area contributed by atoms with Crippen LogP contribution in [0, 0.1) is 5.82 Å². The Morgan fingerprint density at radius 1 is 1.26 bits per heavy atom. The third-order valence-corrected chi connectivity index (χ3v) is 3.77. The second kappa shape index (κ2) is 5.02. The van der Waals surface area contributed by atoms with Crippen molar-refractivity contribution in [2.45, 2.75) is 4.90 Å². The number of anilines is 2. The third-order valence-electron chi connectivity index (χ3n) is 2.18. The Morgan fingerprint density at radius 3 is 2.58 bits per heavy atom. The Labute approximate surface area is 114 Å². The molecule has 0 amide bonds. The molecule has 0 fully saturated rings. The summed E-state index contributed by atoms with van der Waals surface area (Å²) in [5.41, 5.74) is 5.65. The summed E-state index contributed by atoms with van der Waals surface area (Å²) in [6, 6.07) is 5.94. The molecule has 0 spiro atoms. The number of halogens is 2. The van der Waals surface area contributed by atoms with Crippen molar-refractivity contribution in [1.82, 2.24) is 4.98 Å². The maximum atomic E-state index is 13.1. The van der Waals surface area contributed by atoms with E-state index in [4.69, 9.17) is 17.3 Å². The zero-order valence-corrected chi connectivity index (χ0v) is 11.0. The molecule has 19 heavy (non-hydrogen) atoms. The zero-order chi connectivity index (χ0) is 14.0. The molecule has 0 aliphatic carbocycles. The van der Waals surface area contributed by atoms with Gasteiger partial charge in [0.05, 0.1) is 16.8 Å². The lowest BCUT2D eigenvalue weighted by atomic mass is 10.3. The van der Waals surface area contributed by atoms with Gasteiger partial charge in [0.25, 0.3) is 10.0 Å². The Morgan fingerprint density at radius 2 is 2.00 bits per heavy atom. The largest absolute Gasteiger partial charge is 0.399 e. The van der Waals surface area contributed by atoms with E-state index in [0.717, 1.165) is 18.2 Å². The molecule has 0 saturated carbocycles. The smallest absolute Gasteiger partial charge is 0.262 e. The summed E-state index contributed by atoms with van der Waals surface area (Å²) < 4.78 is 39.4. The molecule has 0 aliphatic rings. The normalized spacial score (nSPS) is 11.3. The average Bonchev–Trinajstić information content (AvgIpc) is 2.31. The van der Waals surface area contributed by atoms with Crippen LogP contribution in [0.2, 0.25) is 5.15 Å². The molecule has 100 valence electrons. The van der Waals surface area contributed by atoms with Gasteiger partial charge in [-0.1, -0.05) is 11.6 Å². The van der Waals surface area contributed by atoms with Crippen molar-refractivity contribution in [3.05, 3.63) is 47.5 Å². The minimum absolute atomic E-state index is 0.0228. The van der Waals surface area contributed by atoms with Crippen LogP contribution in [0.4, 0.5) is 15.8 Å². The predicted molar refractivity (Wildman–Crippen MR) is 70.9 cm³/mol. The van der Waals surface area contributed by atoms with Crippen LogP contribution in [-0.2, 0) is 10.0 Å². The number of nitrogens with zero attached hydrogens (tertiary/aromatic N) is 1. The molecule has 2 aromatic rings. The number of hydrogen-bond acceptors (Lipinski definition) is 4. The molecule has 0 radical (unpaired) electrons. The fourth-order valence-electron chi connectivity index (χ4n) is 1.39. The number of aromatic nitrogens is 1. The summed E-state index contributed by atoms with van der Waals surface area (Å²) in [6.07, 6.45) is 1.25. The van der Waals surface area contributed by atoms with Gasteiger partial charge in [-0.05, 0) is 30.3 Å². The predicted octanol–water partition coefficient (Wildman–Crippen LogP) is 2.26. The van der Waals surface area contributed by atoms with E-state index in [-0.39, 0.29) is 21.4 Å². The topological polar surface area (TPSA) is 85.1 Å². The molecule has 0 unspecified atom stereocenters. The van der Waals surface area contributed by atoms with Crippen molar-refractivity contribution in [2.75, 3.05) is 10.5 Å². The number of pyridine rings is 1. The minimum atomic E-state index is -3.92. The fourth-order valence-corrected chi connectivity index (χ4v) is 2.61. The molecular weight excluding hydrogens is 293 g/mol. The molecule has 0 bridgehead atoms. The van der Waals surface area contributed by atoms with Crippen molar-refractivity contribution in [2.24, 2.45) is 0 Å². The zero-order valence-electron chi connectivity index (χ0n) is 9.47. The molecule has 0 atom stereocenters. The maximum absolute atomic E-state index is 13.1. The lowest BCUT2D eigenvalue weighted by molar-refractivity contribution is 0.595. The van der Waals surface area contributed by atoms with E-state index in [1.807, 2.05) is 0 Å². The van der Waals surface area contributed by atoms with E-state index < -0.39 is 15.8 Å². The van der Waals surface area contributed by atoms with Gasteiger partial charge in [0.15, 0.2) is 0 Å². The first-order valence-electron chi connectivity index (χ1n) is 5.07. The standard InChI is InChI=1S/C11H9ClFN3O2S/c12-11-2-1-9(6-15-11)16-19(17,18)10-4-7(13)3-8(14)5-10/h1-6,16H,14H2. The number of nitrogens with two attached hydrogens (primary N) is 1. The highest BCUT2D eigenvalue weighted by Crippen LogP contribution is 2.19. The first kappa shape index (κ1) is 13.6. The lowest BCUT2D eigenvalue weighted by Gasteiger charge is -2.08. The van der Waals surface area contributed by atoms with E-state index in [1.165, 1.54) is 18.3 Å². The van der Waals surface area contributed by atoms with Gasteiger partial charge in [-0.25, -0.2) is 17.8 Å². The van der Waals surface area contributed by atoms with Crippen LogP contribution in [-0.4, -0.2) is 13.4 Å². The van der Waals surface area contributed by atoms with Crippen LogP contribution in [0.25, 0.3) is 0 Å².